The zero-order valence-electron chi connectivity index (χ0n) is 17.8. The summed E-state index contributed by atoms with van der Waals surface area (Å²) in [6.45, 7) is 8.56. The monoisotopic (exact) mass is 407 g/mol. The van der Waals surface area contributed by atoms with Gasteiger partial charge in [-0.25, -0.2) is 0 Å². The molecule has 0 spiro atoms. The summed E-state index contributed by atoms with van der Waals surface area (Å²) in [5.41, 5.74) is 1.17. The van der Waals surface area contributed by atoms with Crippen LogP contribution < -0.4 is 4.74 Å². The maximum absolute atomic E-state index is 11.0. The number of aromatic hydroxyl groups is 1. The van der Waals surface area contributed by atoms with E-state index in [0.29, 0.717) is 18.8 Å². The molecule has 3 atom stereocenters. The Morgan fingerprint density at radius 1 is 1.34 bits per heavy atom. The number of ether oxygens (including phenoxy) is 1. The molecule has 2 aliphatic rings. The van der Waals surface area contributed by atoms with Gasteiger partial charge in [0.05, 0.1) is 6.61 Å². The third kappa shape index (κ3) is 4.44. The second-order valence-electron chi connectivity index (χ2n) is 9.73. The average Bonchev–Trinajstić information content (AvgIpc) is 2.63. The van der Waals surface area contributed by atoms with Gasteiger partial charge in [0.2, 0.25) is 0 Å². The van der Waals surface area contributed by atoms with E-state index in [1.165, 1.54) is 0 Å². The van der Waals surface area contributed by atoms with Crippen LogP contribution in [0.3, 0.4) is 0 Å². The van der Waals surface area contributed by atoms with Crippen LogP contribution in [0.4, 0.5) is 0 Å². The number of aliphatic hydroxyl groups excluding tert-OH is 1. The summed E-state index contributed by atoms with van der Waals surface area (Å²) in [6.07, 6.45) is 4.04. The zero-order valence-corrected chi connectivity index (χ0v) is 17.8. The lowest BCUT2D eigenvalue weighted by atomic mass is 9.63. The van der Waals surface area contributed by atoms with Gasteiger partial charge in [-0.1, -0.05) is 13.8 Å². The number of hydrogen-bond donors (Lipinski definition) is 2. The van der Waals surface area contributed by atoms with E-state index >= 15 is 0 Å². The normalized spacial score (nSPS) is 25.5. The molecule has 162 valence electrons. The van der Waals surface area contributed by atoms with Crippen molar-refractivity contribution in [2.75, 3.05) is 13.2 Å². The molecule has 0 unspecified atom stereocenters. The van der Waals surface area contributed by atoms with Gasteiger partial charge in [-0.15, -0.1) is 10.1 Å². The molecule has 3 rings (SSSR count). The number of aliphatic hydroxyl groups is 1. The highest BCUT2D eigenvalue weighted by atomic mass is 16.9. The highest BCUT2D eigenvalue weighted by Crippen LogP contribution is 2.56. The Kier molecular flexibility index (Phi) is 5.99. The Morgan fingerprint density at radius 2 is 2.07 bits per heavy atom. The first kappa shape index (κ1) is 21.7. The van der Waals surface area contributed by atoms with E-state index < -0.39 is 5.09 Å². The summed E-state index contributed by atoms with van der Waals surface area (Å²) in [6, 6.07) is 3.83. The van der Waals surface area contributed by atoms with Gasteiger partial charge >= 0.3 is 0 Å². The molecule has 0 saturated heterocycles. The quantitative estimate of drug-likeness (QED) is 0.396. The maximum atomic E-state index is 11.0. The smallest absolute Gasteiger partial charge is 0.294 e. The summed E-state index contributed by atoms with van der Waals surface area (Å²) in [7, 11) is 0. The highest BCUT2D eigenvalue weighted by molar-refractivity contribution is 5.53. The Bertz CT molecular complexity index is 760. The van der Waals surface area contributed by atoms with Crippen molar-refractivity contribution in [1.82, 2.24) is 0 Å². The molecule has 29 heavy (non-hydrogen) atoms. The van der Waals surface area contributed by atoms with Crippen molar-refractivity contribution in [2.24, 2.45) is 11.8 Å². The Labute approximate surface area is 172 Å². The second kappa shape index (κ2) is 8.01. The Hall–Kier alpha value is -2.02. The first-order valence-corrected chi connectivity index (χ1v) is 10.5. The third-order valence-electron chi connectivity index (χ3n) is 6.90. The molecule has 1 aromatic rings. The van der Waals surface area contributed by atoms with Crippen molar-refractivity contribution in [3.05, 3.63) is 33.4 Å². The van der Waals surface area contributed by atoms with Gasteiger partial charge < -0.3 is 19.8 Å². The van der Waals surface area contributed by atoms with Gasteiger partial charge in [0.25, 0.3) is 5.09 Å². The summed E-state index contributed by atoms with van der Waals surface area (Å²) in [5.74, 6) is 1.71. The summed E-state index contributed by atoms with van der Waals surface area (Å²) >= 11 is 0. The number of benzene rings is 1. The van der Waals surface area contributed by atoms with E-state index in [9.17, 15) is 20.3 Å². The lowest BCUT2D eigenvalue weighted by Gasteiger charge is -2.49. The van der Waals surface area contributed by atoms with E-state index in [-0.39, 0.29) is 41.8 Å². The molecule has 0 amide bonds. The van der Waals surface area contributed by atoms with Crippen molar-refractivity contribution >= 4 is 0 Å². The van der Waals surface area contributed by atoms with Gasteiger partial charge in [-0.3, -0.25) is 0 Å². The minimum atomic E-state index is -0.770. The fourth-order valence-electron chi connectivity index (χ4n) is 5.19. The molecular weight excluding hydrogens is 374 g/mol. The Balaban J connectivity index is 1.88. The minimum absolute atomic E-state index is 0.0587. The molecule has 7 nitrogen and oxygen atoms in total. The van der Waals surface area contributed by atoms with E-state index in [2.05, 4.69) is 32.5 Å². The van der Waals surface area contributed by atoms with Crippen LogP contribution in [0.25, 0.3) is 0 Å². The van der Waals surface area contributed by atoms with Gasteiger partial charge in [0.1, 0.15) is 17.1 Å². The number of hydrogen-bond acceptors (Lipinski definition) is 6. The van der Waals surface area contributed by atoms with Crippen molar-refractivity contribution in [3.8, 4) is 11.5 Å². The average molecular weight is 408 g/mol. The molecule has 0 bridgehead atoms. The molecule has 1 heterocycles. The number of fused-ring (bicyclic) bond motifs is 3. The van der Waals surface area contributed by atoms with Crippen LogP contribution in [0, 0.1) is 22.0 Å². The molecule has 0 radical (unpaired) electrons. The summed E-state index contributed by atoms with van der Waals surface area (Å²) < 4.78 is 6.39. The van der Waals surface area contributed by atoms with Crippen LogP contribution >= 0.6 is 0 Å². The number of phenols is 1. The first-order chi connectivity index (χ1) is 13.5. The molecule has 1 aliphatic heterocycles. The van der Waals surface area contributed by atoms with E-state index in [4.69, 9.17) is 4.74 Å². The third-order valence-corrected chi connectivity index (χ3v) is 6.90. The zero-order chi connectivity index (χ0) is 21.4. The molecular formula is C22H33NO6. The maximum Gasteiger partial charge on any atom is 0.294 e. The second-order valence-corrected chi connectivity index (χ2v) is 9.73. The van der Waals surface area contributed by atoms with Crippen molar-refractivity contribution in [2.45, 2.75) is 76.7 Å². The van der Waals surface area contributed by atoms with E-state index in [1.54, 1.807) is 0 Å². The van der Waals surface area contributed by atoms with E-state index in [1.807, 2.05) is 12.1 Å². The highest BCUT2D eigenvalue weighted by Gasteiger charge is 2.47. The van der Waals surface area contributed by atoms with Crippen molar-refractivity contribution < 1.29 is 24.9 Å². The first-order valence-electron chi connectivity index (χ1n) is 10.5. The molecule has 1 fully saturated rings. The fourth-order valence-corrected chi connectivity index (χ4v) is 5.19. The van der Waals surface area contributed by atoms with Crippen LogP contribution in [-0.4, -0.2) is 34.1 Å². The molecule has 7 heteroatoms. The fraction of sp³-hybridized carbons (Fsp3) is 0.727. The van der Waals surface area contributed by atoms with Gasteiger partial charge in [-0.2, -0.15) is 0 Å². The Morgan fingerprint density at radius 3 is 2.72 bits per heavy atom. The summed E-state index contributed by atoms with van der Waals surface area (Å²) in [4.78, 5) is 14.8. The predicted molar refractivity (Wildman–Crippen MR) is 109 cm³/mol. The largest absolute Gasteiger partial charge is 0.508 e. The molecule has 2 N–H and O–H groups in total. The number of rotatable bonds is 7. The molecule has 1 saturated carbocycles. The number of phenolic OH excluding ortho intramolecular Hbond substituents is 1. The standard InChI is InChI=1S/C22H33NO6/c1-21(2,8-5-9-28-23(26)27)15-11-18(25)20-16-10-14(13-24)6-7-17(16)22(3,4)29-19(20)12-15/h11-12,14,16-17,24-25H,5-10,13H2,1-4H3/t14-,16-,17-/m1/s1. The van der Waals surface area contributed by atoms with Crippen LogP contribution in [-0.2, 0) is 10.3 Å². The number of nitrogens with zero attached hydrogens (tertiary/aromatic N) is 1. The SMILES string of the molecule is CC(C)(CCCO[N+](=O)[O-])c1cc(O)c2c(c1)OC(C)(C)[C@@H]1CC[C@@H](CO)C[C@@H]21. The van der Waals surface area contributed by atoms with Crippen LogP contribution in [0.2, 0.25) is 0 Å². The lowest BCUT2D eigenvalue weighted by molar-refractivity contribution is -0.757. The molecule has 0 aromatic heterocycles. The molecule has 1 aliphatic carbocycles. The minimum Gasteiger partial charge on any atom is -0.508 e. The van der Waals surface area contributed by atoms with Crippen molar-refractivity contribution in [1.29, 1.82) is 0 Å². The van der Waals surface area contributed by atoms with E-state index in [0.717, 1.165) is 36.1 Å². The van der Waals surface area contributed by atoms with Gasteiger partial charge in [-0.05, 0) is 80.9 Å². The molecule has 1 aromatic carbocycles. The predicted octanol–water partition coefficient (Wildman–Crippen LogP) is 4.32. The van der Waals surface area contributed by atoms with Crippen LogP contribution in [0.15, 0.2) is 12.1 Å². The summed E-state index contributed by atoms with van der Waals surface area (Å²) in [5, 5.41) is 30.2. The van der Waals surface area contributed by atoms with Crippen LogP contribution in [0.5, 0.6) is 11.5 Å². The lowest BCUT2D eigenvalue weighted by Crippen LogP contribution is -2.47. The topological polar surface area (TPSA) is 102 Å². The van der Waals surface area contributed by atoms with Crippen molar-refractivity contribution in [3.63, 3.8) is 0 Å². The van der Waals surface area contributed by atoms with Gasteiger partial charge in [0.15, 0.2) is 0 Å². The van der Waals surface area contributed by atoms with Crippen LogP contribution in [0.1, 0.15) is 76.8 Å². The van der Waals surface area contributed by atoms with Gasteiger partial charge in [0, 0.05) is 18.1 Å².